The fourth-order valence-electron chi connectivity index (χ4n) is 3.26. The van der Waals surface area contributed by atoms with Crippen LogP contribution in [0.1, 0.15) is 18.6 Å². The zero-order valence-corrected chi connectivity index (χ0v) is 19.4. The van der Waals surface area contributed by atoms with E-state index in [2.05, 4.69) is 4.98 Å². The van der Waals surface area contributed by atoms with Crippen molar-refractivity contribution in [1.29, 1.82) is 0 Å². The summed E-state index contributed by atoms with van der Waals surface area (Å²) >= 11 is 1.34. The van der Waals surface area contributed by atoms with Crippen LogP contribution in [0.5, 0.6) is 5.75 Å². The molecule has 0 saturated carbocycles. The number of fused-ring (bicyclic) bond motifs is 1. The fourth-order valence-corrected chi connectivity index (χ4v) is 5.59. The Kier molecular flexibility index (Phi) is 6.75. The van der Waals surface area contributed by atoms with Gasteiger partial charge in [-0.3, -0.25) is 9.69 Å². The second kappa shape index (κ2) is 9.72. The smallest absolute Gasteiger partial charge is 0.229 e. The largest absolute Gasteiger partial charge is 0.497 e. The predicted molar refractivity (Wildman–Crippen MR) is 124 cm³/mol. The molecule has 0 N–H and O–H groups in total. The summed E-state index contributed by atoms with van der Waals surface area (Å²) in [5, 5.41) is 0.487. The number of aromatic nitrogens is 1. The van der Waals surface area contributed by atoms with E-state index in [1.54, 1.807) is 25.3 Å². The lowest BCUT2D eigenvalue weighted by Gasteiger charge is -2.18. The van der Waals surface area contributed by atoms with Gasteiger partial charge in [-0.2, -0.15) is 0 Å². The van der Waals surface area contributed by atoms with Crippen LogP contribution in [-0.2, 0) is 21.2 Å². The van der Waals surface area contributed by atoms with Crippen molar-refractivity contribution in [2.75, 3.05) is 17.8 Å². The Balaban J connectivity index is 1.51. The number of carbonyl (C=O) groups is 1. The Morgan fingerprint density at radius 2 is 1.97 bits per heavy atom. The molecule has 0 fully saturated rings. The maximum atomic E-state index is 13.1. The zero-order chi connectivity index (χ0) is 23.4. The first-order chi connectivity index (χ1) is 15.9. The van der Waals surface area contributed by atoms with Crippen LogP contribution in [0.4, 0.5) is 9.52 Å². The molecule has 0 bridgehead atoms. The Labute approximate surface area is 194 Å². The summed E-state index contributed by atoms with van der Waals surface area (Å²) in [4.78, 5) is 19.2. The molecule has 2 aromatic carbocycles. The number of furan rings is 1. The molecule has 0 radical (unpaired) electrons. The van der Waals surface area contributed by atoms with Crippen molar-refractivity contribution in [3.63, 3.8) is 0 Å². The Morgan fingerprint density at radius 1 is 1.18 bits per heavy atom. The summed E-state index contributed by atoms with van der Waals surface area (Å²) in [5.41, 5.74) is 0.729. The molecule has 0 spiro atoms. The Morgan fingerprint density at radius 3 is 2.67 bits per heavy atom. The van der Waals surface area contributed by atoms with Crippen molar-refractivity contribution < 1.29 is 26.8 Å². The van der Waals surface area contributed by atoms with Gasteiger partial charge in [0.05, 0.1) is 40.8 Å². The van der Waals surface area contributed by atoms with Gasteiger partial charge in [0, 0.05) is 6.42 Å². The summed E-state index contributed by atoms with van der Waals surface area (Å²) in [5.74, 6) is 0.264. The highest BCUT2D eigenvalue weighted by Gasteiger charge is 2.23. The number of ether oxygens (including phenoxy) is 1. The van der Waals surface area contributed by atoms with Gasteiger partial charge < -0.3 is 9.15 Å². The summed E-state index contributed by atoms with van der Waals surface area (Å²) < 4.78 is 49.7. The van der Waals surface area contributed by atoms with Crippen molar-refractivity contribution >= 4 is 42.4 Å². The molecule has 0 saturated heterocycles. The quantitative estimate of drug-likeness (QED) is 0.314. The van der Waals surface area contributed by atoms with E-state index < -0.39 is 15.7 Å². The third-order valence-corrected chi connectivity index (χ3v) is 7.84. The summed E-state index contributed by atoms with van der Waals surface area (Å²) in [7, 11) is -2.04. The van der Waals surface area contributed by atoms with Crippen LogP contribution in [0.2, 0.25) is 0 Å². The van der Waals surface area contributed by atoms with Gasteiger partial charge in [0.1, 0.15) is 17.3 Å². The van der Waals surface area contributed by atoms with Gasteiger partial charge in [-0.05, 0) is 61.0 Å². The predicted octanol–water partition coefficient (Wildman–Crippen LogP) is 4.82. The molecule has 172 valence electrons. The van der Waals surface area contributed by atoms with Crippen LogP contribution >= 0.6 is 11.3 Å². The molecule has 2 heterocycles. The van der Waals surface area contributed by atoms with Crippen LogP contribution < -0.4 is 9.64 Å². The maximum Gasteiger partial charge on any atom is 0.229 e. The molecular weight excluding hydrogens is 467 g/mol. The van der Waals surface area contributed by atoms with E-state index in [-0.39, 0.29) is 35.9 Å². The molecule has 33 heavy (non-hydrogen) atoms. The number of nitrogens with zero attached hydrogens (tertiary/aromatic N) is 2. The van der Waals surface area contributed by atoms with Crippen LogP contribution in [0.15, 0.2) is 70.2 Å². The van der Waals surface area contributed by atoms with Gasteiger partial charge in [-0.1, -0.05) is 11.3 Å². The van der Waals surface area contributed by atoms with Crippen molar-refractivity contribution in [3.8, 4) is 5.75 Å². The first-order valence-electron chi connectivity index (χ1n) is 10.1. The van der Waals surface area contributed by atoms with Gasteiger partial charge in [0.25, 0.3) is 0 Å². The minimum Gasteiger partial charge on any atom is -0.497 e. The van der Waals surface area contributed by atoms with Crippen molar-refractivity contribution in [1.82, 2.24) is 4.98 Å². The maximum absolute atomic E-state index is 13.1. The number of hydrogen-bond donors (Lipinski definition) is 0. The van der Waals surface area contributed by atoms with Crippen LogP contribution in [0, 0.1) is 5.82 Å². The molecule has 1 amide bonds. The van der Waals surface area contributed by atoms with Gasteiger partial charge in [0.15, 0.2) is 15.0 Å². The normalized spacial score (nSPS) is 11.6. The third kappa shape index (κ3) is 5.40. The van der Waals surface area contributed by atoms with E-state index >= 15 is 0 Å². The first kappa shape index (κ1) is 22.9. The highest BCUT2D eigenvalue weighted by Crippen LogP contribution is 2.32. The number of amides is 1. The number of anilines is 1. The molecule has 0 aliphatic carbocycles. The molecule has 7 nitrogen and oxygen atoms in total. The van der Waals surface area contributed by atoms with Crippen LogP contribution in [-0.4, -0.2) is 32.2 Å². The summed E-state index contributed by atoms with van der Waals surface area (Å²) in [6.45, 7) is 0.174. The van der Waals surface area contributed by atoms with Gasteiger partial charge in [-0.15, -0.1) is 0 Å². The SMILES string of the molecule is COc1ccc2nc(N(Cc3ccco3)C(=O)CCCS(=O)(=O)c3ccc(F)cc3)sc2c1. The van der Waals surface area contributed by atoms with E-state index in [9.17, 15) is 17.6 Å². The average molecular weight is 489 g/mol. The lowest BCUT2D eigenvalue weighted by atomic mass is 10.3. The lowest BCUT2D eigenvalue weighted by molar-refractivity contribution is -0.118. The molecule has 0 aliphatic rings. The minimum absolute atomic E-state index is 0.000377. The molecule has 4 aromatic rings. The van der Waals surface area contributed by atoms with Crippen LogP contribution in [0.3, 0.4) is 0 Å². The van der Waals surface area contributed by atoms with E-state index in [0.29, 0.717) is 16.6 Å². The summed E-state index contributed by atoms with van der Waals surface area (Å²) in [6.07, 6.45) is 1.64. The topological polar surface area (TPSA) is 89.7 Å². The van der Waals surface area contributed by atoms with E-state index in [1.165, 1.54) is 34.6 Å². The number of halogens is 1. The standard InChI is InChI=1S/C23H21FN2O5S2/c1-30-17-8-11-20-21(14-17)32-23(25-20)26(15-18-4-2-12-31-18)22(27)5-3-13-33(28,29)19-9-6-16(24)7-10-19/h2,4,6-12,14H,3,5,13,15H2,1H3. The molecule has 0 unspecified atom stereocenters. The van der Waals surface area contributed by atoms with Crippen LogP contribution in [0.25, 0.3) is 10.2 Å². The molecule has 2 aromatic heterocycles. The molecule has 0 atom stereocenters. The number of hydrogen-bond acceptors (Lipinski definition) is 7. The number of carbonyl (C=O) groups excluding carboxylic acids is 1. The number of methoxy groups -OCH3 is 1. The van der Waals surface area contributed by atoms with E-state index in [1.807, 2.05) is 12.1 Å². The summed E-state index contributed by atoms with van der Waals surface area (Å²) in [6, 6.07) is 13.6. The van der Waals surface area contributed by atoms with Crippen molar-refractivity contribution in [2.45, 2.75) is 24.3 Å². The highest BCUT2D eigenvalue weighted by atomic mass is 32.2. The van der Waals surface area contributed by atoms with Crippen molar-refractivity contribution in [2.24, 2.45) is 0 Å². The van der Waals surface area contributed by atoms with Gasteiger partial charge >= 0.3 is 0 Å². The molecule has 4 rings (SSSR count). The molecular formula is C23H21FN2O5S2. The second-order valence-electron chi connectivity index (χ2n) is 7.27. The number of sulfone groups is 1. The van der Waals surface area contributed by atoms with Crippen molar-refractivity contribution in [3.05, 3.63) is 72.4 Å². The number of thiazole rings is 1. The molecule has 10 heteroatoms. The first-order valence-corrected chi connectivity index (χ1v) is 12.6. The number of rotatable bonds is 9. The lowest BCUT2D eigenvalue weighted by Crippen LogP contribution is -2.30. The highest BCUT2D eigenvalue weighted by molar-refractivity contribution is 7.91. The number of benzene rings is 2. The Hall–Kier alpha value is -3.24. The minimum atomic E-state index is -3.62. The second-order valence-corrected chi connectivity index (χ2v) is 10.4. The third-order valence-electron chi connectivity index (χ3n) is 4.99. The van der Waals surface area contributed by atoms with E-state index in [0.717, 1.165) is 22.3 Å². The monoisotopic (exact) mass is 488 g/mol. The average Bonchev–Trinajstić information content (AvgIpc) is 3.46. The Bertz CT molecular complexity index is 1350. The van der Waals surface area contributed by atoms with Gasteiger partial charge in [0.2, 0.25) is 5.91 Å². The fraction of sp³-hybridized carbons (Fsp3) is 0.217. The van der Waals surface area contributed by atoms with Gasteiger partial charge in [-0.25, -0.2) is 17.8 Å². The van der Waals surface area contributed by atoms with E-state index in [4.69, 9.17) is 9.15 Å². The molecule has 0 aliphatic heterocycles. The zero-order valence-electron chi connectivity index (χ0n) is 17.7.